The minimum Gasteiger partial charge on any atom is -0.457 e. The van der Waals surface area contributed by atoms with E-state index in [2.05, 4.69) is 0 Å². The quantitative estimate of drug-likeness (QED) is 0.570. The molecule has 0 aliphatic carbocycles. The van der Waals surface area contributed by atoms with Crippen LogP contribution in [0.4, 0.5) is 0 Å². The molecule has 3 N–H and O–H groups in total. The topological polar surface area (TPSA) is 105 Å². The van der Waals surface area contributed by atoms with Gasteiger partial charge in [-0.05, 0) is 64.2 Å². The number of aliphatic hydroxyl groups excluding tert-OH is 3. The molecule has 154 valence electrons. The van der Waals surface area contributed by atoms with Gasteiger partial charge in [0, 0.05) is 11.1 Å². The lowest BCUT2D eigenvalue weighted by Crippen LogP contribution is -2.06. The van der Waals surface area contributed by atoms with Gasteiger partial charge in [-0.1, -0.05) is 6.07 Å². The zero-order valence-corrected chi connectivity index (χ0v) is 16.3. The lowest BCUT2D eigenvalue weighted by Gasteiger charge is -2.20. The van der Waals surface area contributed by atoms with Crippen molar-refractivity contribution in [1.29, 1.82) is 0 Å². The first kappa shape index (κ1) is 18.9. The van der Waals surface area contributed by atoms with Crippen molar-refractivity contribution >= 4 is 16.7 Å². The molecule has 1 unspecified atom stereocenters. The van der Waals surface area contributed by atoms with Gasteiger partial charge in [-0.25, -0.2) is 4.79 Å². The SMILES string of the molecule is CC(O)c1c2c(c(-c3ccc4c(c3)OCO4)c3cc(CO)c(CO)cc13)C(=O)OC2. The van der Waals surface area contributed by atoms with Crippen molar-refractivity contribution in [3.63, 3.8) is 0 Å². The Kier molecular flexibility index (Phi) is 4.39. The zero-order valence-electron chi connectivity index (χ0n) is 16.3. The first-order valence-electron chi connectivity index (χ1n) is 9.64. The normalized spacial score (nSPS) is 15.4. The van der Waals surface area contributed by atoms with Gasteiger partial charge in [0.2, 0.25) is 6.79 Å². The summed E-state index contributed by atoms with van der Waals surface area (Å²) in [6, 6.07) is 8.97. The van der Waals surface area contributed by atoms with Crippen molar-refractivity contribution in [3.8, 4) is 22.6 Å². The first-order valence-corrected chi connectivity index (χ1v) is 9.64. The molecule has 3 aromatic rings. The van der Waals surface area contributed by atoms with Crippen molar-refractivity contribution in [2.75, 3.05) is 6.79 Å². The van der Waals surface area contributed by atoms with Crippen LogP contribution in [0.1, 0.15) is 45.6 Å². The maximum atomic E-state index is 12.7. The molecule has 30 heavy (non-hydrogen) atoms. The predicted octanol–water partition coefficient (Wildman–Crippen LogP) is 2.94. The van der Waals surface area contributed by atoms with E-state index in [0.717, 1.165) is 5.56 Å². The highest BCUT2D eigenvalue weighted by Crippen LogP contribution is 2.46. The number of carbonyl (C=O) groups is 1. The molecular weight excluding hydrogens is 388 g/mol. The molecule has 0 saturated carbocycles. The molecular formula is C23H20O7. The van der Waals surface area contributed by atoms with Gasteiger partial charge in [-0.2, -0.15) is 0 Å². The summed E-state index contributed by atoms with van der Waals surface area (Å²) in [5.74, 6) is 0.745. The lowest BCUT2D eigenvalue weighted by atomic mass is 9.83. The van der Waals surface area contributed by atoms with Crippen molar-refractivity contribution < 1.29 is 34.3 Å². The van der Waals surface area contributed by atoms with Crippen LogP contribution in [0.3, 0.4) is 0 Å². The monoisotopic (exact) mass is 408 g/mol. The highest BCUT2D eigenvalue weighted by Gasteiger charge is 2.33. The van der Waals surface area contributed by atoms with Crippen LogP contribution in [-0.2, 0) is 24.6 Å². The molecule has 0 bridgehead atoms. The summed E-state index contributed by atoms with van der Waals surface area (Å²) in [5, 5.41) is 31.5. The first-order chi connectivity index (χ1) is 14.5. The molecule has 7 heteroatoms. The maximum absolute atomic E-state index is 12.7. The van der Waals surface area contributed by atoms with E-state index < -0.39 is 12.1 Å². The Labute approximate surface area is 172 Å². The second kappa shape index (κ2) is 6.98. The number of hydrogen-bond acceptors (Lipinski definition) is 7. The molecule has 0 fully saturated rings. The van der Waals surface area contributed by atoms with Crippen molar-refractivity contribution in [2.24, 2.45) is 0 Å². The number of esters is 1. The summed E-state index contributed by atoms with van der Waals surface area (Å²) in [5.41, 5.74) is 4.12. The van der Waals surface area contributed by atoms with E-state index >= 15 is 0 Å². The average Bonchev–Trinajstić information content (AvgIpc) is 3.36. The van der Waals surface area contributed by atoms with Crippen LogP contribution < -0.4 is 9.47 Å². The molecule has 2 aliphatic rings. The molecule has 0 aromatic heterocycles. The van der Waals surface area contributed by atoms with Crippen LogP contribution in [0.5, 0.6) is 11.5 Å². The number of hydrogen-bond donors (Lipinski definition) is 3. The van der Waals surface area contributed by atoms with Crippen molar-refractivity contribution in [3.05, 3.63) is 58.1 Å². The van der Waals surface area contributed by atoms with E-state index in [1.54, 1.807) is 25.1 Å². The van der Waals surface area contributed by atoms with Gasteiger partial charge in [-0.15, -0.1) is 0 Å². The highest BCUT2D eigenvalue weighted by atomic mass is 16.7. The van der Waals surface area contributed by atoms with Crippen LogP contribution in [-0.4, -0.2) is 28.1 Å². The minimum absolute atomic E-state index is 0.0676. The minimum atomic E-state index is -0.854. The zero-order chi connectivity index (χ0) is 21.0. The van der Waals surface area contributed by atoms with Gasteiger partial charge in [0.25, 0.3) is 0 Å². The molecule has 0 radical (unpaired) electrons. The number of benzene rings is 3. The maximum Gasteiger partial charge on any atom is 0.339 e. The van der Waals surface area contributed by atoms with Gasteiger partial charge >= 0.3 is 5.97 Å². The van der Waals surface area contributed by atoms with Crippen LogP contribution in [0.15, 0.2) is 30.3 Å². The summed E-state index contributed by atoms with van der Waals surface area (Å²) >= 11 is 0. The number of ether oxygens (including phenoxy) is 3. The second-order valence-corrected chi connectivity index (χ2v) is 7.45. The van der Waals surface area contributed by atoms with Crippen molar-refractivity contribution in [1.82, 2.24) is 0 Å². The Balaban J connectivity index is 1.93. The van der Waals surface area contributed by atoms with Gasteiger partial charge in [0.1, 0.15) is 6.61 Å². The number of fused-ring (bicyclic) bond motifs is 3. The van der Waals surface area contributed by atoms with Gasteiger partial charge in [-0.3, -0.25) is 0 Å². The molecule has 2 heterocycles. The third-order valence-electron chi connectivity index (χ3n) is 5.75. The molecule has 1 atom stereocenters. The summed E-state index contributed by atoms with van der Waals surface area (Å²) in [6.07, 6.45) is -0.854. The number of rotatable bonds is 4. The van der Waals surface area contributed by atoms with Crippen LogP contribution in [0, 0.1) is 0 Å². The number of cyclic esters (lactones) is 1. The number of carbonyl (C=O) groups excluding carboxylic acids is 1. The Morgan fingerprint density at radius 2 is 1.63 bits per heavy atom. The Bertz CT molecular complexity index is 1200. The Morgan fingerprint density at radius 1 is 0.933 bits per heavy atom. The second-order valence-electron chi connectivity index (χ2n) is 7.45. The van der Waals surface area contributed by atoms with Crippen LogP contribution in [0.25, 0.3) is 21.9 Å². The summed E-state index contributed by atoms with van der Waals surface area (Å²) in [7, 11) is 0. The molecule has 0 spiro atoms. The molecule has 0 amide bonds. The van der Waals surface area contributed by atoms with Gasteiger partial charge < -0.3 is 29.5 Å². The molecule has 0 saturated heterocycles. The van der Waals surface area contributed by atoms with E-state index in [0.29, 0.717) is 55.7 Å². The van der Waals surface area contributed by atoms with Crippen LogP contribution >= 0.6 is 0 Å². The summed E-state index contributed by atoms with van der Waals surface area (Å²) in [6.45, 7) is 1.32. The fourth-order valence-electron chi connectivity index (χ4n) is 4.41. The summed E-state index contributed by atoms with van der Waals surface area (Å²) < 4.78 is 16.3. The van der Waals surface area contributed by atoms with E-state index in [1.807, 2.05) is 12.1 Å². The van der Waals surface area contributed by atoms with E-state index in [4.69, 9.17) is 14.2 Å². The van der Waals surface area contributed by atoms with E-state index in [1.165, 1.54) is 0 Å². The highest BCUT2D eigenvalue weighted by molar-refractivity contribution is 6.12. The third-order valence-corrected chi connectivity index (χ3v) is 5.75. The van der Waals surface area contributed by atoms with Crippen LogP contribution in [0.2, 0.25) is 0 Å². The smallest absolute Gasteiger partial charge is 0.339 e. The Hall–Kier alpha value is -3.13. The standard InChI is InChI=1S/C23H20O7/c1-11(26)20-15-4-13(7-24)14(8-25)5-16(15)21(22-17(20)9-28-23(22)27)12-2-3-18-19(6-12)30-10-29-18/h2-6,11,24-26H,7-10H2,1H3. The fraction of sp³-hybridized carbons (Fsp3) is 0.261. The average molecular weight is 408 g/mol. The van der Waals surface area contributed by atoms with Gasteiger partial charge in [0.15, 0.2) is 11.5 Å². The third kappa shape index (κ3) is 2.67. The van der Waals surface area contributed by atoms with E-state index in [-0.39, 0.29) is 26.6 Å². The van der Waals surface area contributed by atoms with Gasteiger partial charge in [0.05, 0.1) is 24.9 Å². The fourth-order valence-corrected chi connectivity index (χ4v) is 4.41. The predicted molar refractivity (Wildman–Crippen MR) is 107 cm³/mol. The molecule has 7 nitrogen and oxygen atoms in total. The van der Waals surface area contributed by atoms with Crippen molar-refractivity contribution in [2.45, 2.75) is 32.8 Å². The largest absolute Gasteiger partial charge is 0.457 e. The molecule has 5 rings (SSSR count). The number of aliphatic hydroxyl groups is 3. The molecule has 2 aliphatic heterocycles. The molecule has 3 aromatic carbocycles. The van der Waals surface area contributed by atoms with E-state index in [9.17, 15) is 20.1 Å². The lowest BCUT2D eigenvalue weighted by molar-refractivity contribution is 0.0534. The summed E-state index contributed by atoms with van der Waals surface area (Å²) in [4.78, 5) is 12.7. The Morgan fingerprint density at radius 3 is 2.33 bits per heavy atom.